The van der Waals surface area contributed by atoms with Crippen LogP contribution in [0.5, 0.6) is 12.0 Å². The van der Waals surface area contributed by atoms with Gasteiger partial charge in [0, 0.05) is 6.54 Å². The fraction of sp³-hybridized carbons (Fsp3) is 0.786. The van der Waals surface area contributed by atoms with Gasteiger partial charge in [-0.3, -0.25) is 0 Å². The first-order valence-electron chi connectivity index (χ1n) is 7.43. The smallest absolute Gasteiger partial charge is 0.324 e. The lowest BCUT2D eigenvalue weighted by molar-refractivity contribution is 0.0911. The van der Waals surface area contributed by atoms with Gasteiger partial charge in [0.05, 0.1) is 7.11 Å². The normalized spacial score (nSPS) is 22.4. The summed E-state index contributed by atoms with van der Waals surface area (Å²) in [6, 6.07) is 0.645. The molecule has 0 bridgehead atoms. The molecule has 2 unspecified atom stereocenters. The Hall–Kier alpha value is -1.59. The Labute approximate surface area is 120 Å². The molecule has 1 fully saturated rings. The van der Waals surface area contributed by atoms with E-state index >= 15 is 0 Å². The van der Waals surface area contributed by atoms with Gasteiger partial charge in [0.25, 0.3) is 0 Å². The third-order valence-electron chi connectivity index (χ3n) is 3.60. The summed E-state index contributed by atoms with van der Waals surface area (Å²) in [6.07, 6.45) is 5.95. The van der Waals surface area contributed by atoms with E-state index in [1.54, 1.807) is 7.11 Å². The maximum atomic E-state index is 5.95. The number of rotatable bonds is 6. The summed E-state index contributed by atoms with van der Waals surface area (Å²) in [5.41, 5.74) is 0. The van der Waals surface area contributed by atoms with Crippen LogP contribution in [0.25, 0.3) is 0 Å². The predicted octanol–water partition coefficient (Wildman–Crippen LogP) is 2.66. The van der Waals surface area contributed by atoms with E-state index in [1.165, 1.54) is 19.3 Å². The van der Waals surface area contributed by atoms with Crippen LogP contribution in [-0.2, 0) is 0 Å². The van der Waals surface area contributed by atoms with Crippen molar-refractivity contribution in [3.05, 3.63) is 0 Å². The highest BCUT2D eigenvalue weighted by Gasteiger charge is 2.24. The van der Waals surface area contributed by atoms with Gasteiger partial charge in [0.15, 0.2) is 0 Å². The maximum Gasteiger partial charge on any atom is 0.324 e. The largest absolute Gasteiger partial charge is 0.467 e. The number of nitrogens with zero attached hydrogens (tertiary/aromatic N) is 3. The molecular weight excluding hydrogens is 256 g/mol. The second kappa shape index (κ2) is 7.26. The van der Waals surface area contributed by atoms with Crippen LogP contribution in [0.2, 0.25) is 0 Å². The van der Waals surface area contributed by atoms with E-state index in [1.807, 2.05) is 0 Å². The molecule has 1 N–H and O–H groups in total. The average molecular weight is 280 g/mol. The van der Waals surface area contributed by atoms with E-state index in [0.29, 0.717) is 17.9 Å². The lowest BCUT2D eigenvalue weighted by Crippen LogP contribution is -2.29. The highest BCUT2D eigenvalue weighted by molar-refractivity contribution is 5.27. The minimum Gasteiger partial charge on any atom is -0.467 e. The standard InChI is InChI=1S/C14H24N4O2/c1-4-9-15-12-16-13(19-3)18-14(17-12)20-11-8-6-5-7-10(11)2/h10-11H,4-9H2,1-3H3,(H,15,16,17,18). The van der Waals surface area contributed by atoms with Crippen LogP contribution in [0.1, 0.15) is 46.0 Å². The monoisotopic (exact) mass is 280 g/mol. The van der Waals surface area contributed by atoms with Gasteiger partial charge in [0.1, 0.15) is 6.10 Å². The highest BCUT2D eigenvalue weighted by Crippen LogP contribution is 2.27. The molecule has 2 atom stereocenters. The number of aromatic nitrogens is 3. The molecule has 1 aliphatic rings. The summed E-state index contributed by atoms with van der Waals surface area (Å²) in [4.78, 5) is 12.7. The van der Waals surface area contributed by atoms with Crippen LogP contribution >= 0.6 is 0 Å². The SMILES string of the molecule is CCCNc1nc(OC)nc(OC2CCCCC2C)n1. The average Bonchev–Trinajstić information content (AvgIpc) is 2.47. The van der Waals surface area contributed by atoms with Crippen molar-refractivity contribution in [2.24, 2.45) is 5.92 Å². The van der Waals surface area contributed by atoms with Crippen molar-refractivity contribution in [2.45, 2.75) is 52.1 Å². The van der Waals surface area contributed by atoms with Crippen molar-refractivity contribution >= 4 is 5.95 Å². The van der Waals surface area contributed by atoms with Crippen molar-refractivity contribution in [2.75, 3.05) is 19.0 Å². The molecule has 0 radical (unpaired) electrons. The first-order chi connectivity index (χ1) is 9.72. The zero-order valence-electron chi connectivity index (χ0n) is 12.6. The zero-order chi connectivity index (χ0) is 14.4. The van der Waals surface area contributed by atoms with Crippen LogP contribution in [0.4, 0.5) is 5.95 Å². The van der Waals surface area contributed by atoms with Crippen LogP contribution in [0, 0.1) is 5.92 Å². The molecule has 2 rings (SSSR count). The van der Waals surface area contributed by atoms with E-state index in [2.05, 4.69) is 34.1 Å². The van der Waals surface area contributed by atoms with E-state index in [0.717, 1.165) is 19.4 Å². The van der Waals surface area contributed by atoms with Crippen molar-refractivity contribution < 1.29 is 9.47 Å². The van der Waals surface area contributed by atoms with Crippen LogP contribution in [0.15, 0.2) is 0 Å². The minimum absolute atomic E-state index is 0.190. The van der Waals surface area contributed by atoms with E-state index < -0.39 is 0 Å². The summed E-state index contributed by atoms with van der Waals surface area (Å²) >= 11 is 0. The Kier molecular flexibility index (Phi) is 5.38. The second-order valence-corrected chi connectivity index (χ2v) is 5.27. The molecule has 0 aromatic carbocycles. The Morgan fingerprint density at radius 2 is 1.90 bits per heavy atom. The molecule has 1 heterocycles. The minimum atomic E-state index is 0.190. The molecule has 0 spiro atoms. The van der Waals surface area contributed by atoms with Gasteiger partial charge >= 0.3 is 12.0 Å². The van der Waals surface area contributed by atoms with Gasteiger partial charge in [-0.25, -0.2) is 0 Å². The molecule has 20 heavy (non-hydrogen) atoms. The van der Waals surface area contributed by atoms with E-state index in [9.17, 15) is 0 Å². The fourth-order valence-corrected chi connectivity index (χ4v) is 2.39. The first kappa shape index (κ1) is 14.8. The van der Waals surface area contributed by atoms with Gasteiger partial charge in [-0.2, -0.15) is 9.97 Å². The summed E-state index contributed by atoms with van der Waals surface area (Å²) in [7, 11) is 1.55. The number of hydrogen-bond donors (Lipinski definition) is 1. The van der Waals surface area contributed by atoms with Crippen molar-refractivity contribution in [3.8, 4) is 12.0 Å². The topological polar surface area (TPSA) is 69.2 Å². The van der Waals surface area contributed by atoms with Gasteiger partial charge in [-0.15, -0.1) is 4.98 Å². The molecule has 0 aliphatic heterocycles. The molecule has 1 aromatic rings. The van der Waals surface area contributed by atoms with Crippen LogP contribution in [-0.4, -0.2) is 34.7 Å². The number of anilines is 1. The van der Waals surface area contributed by atoms with Crippen LogP contribution < -0.4 is 14.8 Å². The quantitative estimate of drug-likeness (QED) is 0.864. The Morgan fingerprint density at radius 3 is 2.60 bits per heavy atom. The van der Waals surface area contributed by atoms with Gasteiger partial charge < -0.3 is 14.8 Å². The molecule has 1 aromatic heterocycles. The lowest BCUT2D eigenvalue weighted by atomic mass is 9.88. The van der Waals surface area contributed by atoms with Gasteiger partial charge in [0.2, 0.25) is 5.95 Å². The van der Waals surface area contributed by atoms with Gasteiger partial charge in [-0.1, -0.05) is 20.3 Å². The molecule has 6 heteroatoms. The number of nitrogens with one attached hydrogen (secondary N) is 1. The van der Waals surface area contributed by atoms with Crippen molar-refractivity contribution in [1.29, 1.82) is 0 Å². The molecule has 1 aliphatic carbocycles. The predicted molar refractivity (Wildman–Crippen MR) is 77.2 cm³/mol. The van der Waals surface area contributed by atoms with Crippen LogP contribution in [0.3, 0.4) is 0 Å². The second-order valence-electron chi connectivity index (χ2n) is 5.27. The van der Waals surface area contributed by atoms with E-state index in [-0.39, 0.29) is 12.1 Å². The lowest BCUT2D eigenvalue weighted by Gasteiger charge is -2.28. The Morgan fingerprint density at radius 1 is 1.15 bits per heavy atom. The van der Waals surface area contributed by atoms with Gasteiger partial charge in [-0.05, 0) is 31.6 Å². The zero-order valence-corrected chi connectivity index (χ0v) is 12.6. The Bertz CT molecular complexity index is 428. The van der Waals surface area contributed by atoms with E-state index in [4.69, 9.17) is 9.47 Å². The molecular formula is C14H24N4O2. The summed E-state index contributed by atoms with van der Waals surface area (Å²) in [5, 5.41) is 3.14. The molecule has 0 saturated heterocycles. The highest BCUT2D eigenvalue weighted by atomic mass is 16.5. The summed E-state index contributed by atoms with van der Waals surface area (Å²) in [5.74, 6) is 1.05. The number of ether oxygens (including phenoxy) is 2. The van der Waals surface area contributed by atoms with Crippen molar-refractivity contribution in [3.63, 3.8) is 0 Å². The molecule has 6 nitrogen and oxygen atoms in total. The Balaban J connectivity index is 2.08. The molecule has 112 valence electrons. The number of methoxy groups -OCH3 is 1. The number of hydrogen-bond acceptors (Lipinski definition) is 6. The maximum absolute atomic E-state index is 5.95. The summed E-state index contributed by atoms with van der Waals surface area (Å²) in [6.45, 7) is 5.12. The fourth-order valence-electron chi connectivity index (χ4n) is 2.39. The van der Waals surface area contributed by atoms with Crippen molar-refractivity contribution in [1.82, 2.24) is 15.0 Å². The third-order valence-corrected chi connectivity index (χ3v) is 3.60. The first-order valence-corrected chi connectivity index (χ1v) is 7.43. The third kappa shape index (κ3) is 3.95. The molecule has 1 saturated carbocycles. The molecule has 0 amide bonds. The summed E-state index contributed by atoms with van der Waals surface area (Å²) < 4.78 is 11.1.